The Hall–Kier alpha value is -1.65. The van der Waals surface area contributed by atoms with Crippen LogP contribution < -0.4 is 0 Å². The molecule has 0 amide bonds. The van der Waals surface area contributed by atoms with Crippen molar-refractivity contribution in [2.45, 2.75) is 19.7 Å². The van der Waals surface area contributed by atoms with Crippen molar-refractivity contribution in [3.8, 4) is 11.3 Å². The lowest BCUT2D eigenvalue weighted by Gasteiger charge is -2.30. The van der Waals surface area contributed by atoms with Crippen molar-refractivity contribution in [1.29, 1.82) is 0 Å². The van der Waals surface area contributed by atoms with Gasteiger partial charge in [-0.05, 0) is 13.0 Å². The molecule has 1 unspecified atom stereocenters. The predicted octanol–water partition coefficient (Wildman–Crippen LogP) is 2.23. The van der Waals surface area contributed by atoms with E-state index >= 15 is 0 Å². The number of nitrogens with zero attached hydrogens (tertiary/aromatic N) is 3. The van der Waals surface area contributed by atoms with Crippen LogP contribution in [0.2, 0.25) is 0 Å². The second-order valence-corrected chi connectivity index (χ2v) is 5.01. The lowest BCUT2D eigenvalue weighted by molar-refractivity contribution is -0.0304. The van der Waals surface area contributed by atoms with Crippen molar-refractivity contribution in [3.05, 3.63) is 42.6 Å². The van der Waals surface area contributed by atoms with Crippen LogP contribution in [0.25, 0.3) is 11.3 Å². The number of hydrogen-bond acceptors (Lipinski definition) is 3. The fraction of sp³-hybridized carbons (Fsp3) is 0.400. The summed E-state index contributed by atoms with van der Waals surface area (Å²) in [7, 11) is 0. The third kappa shape index (κ3) is 3.03. The van der Waals surface area contributed by atoms with Crippen LogP contribution in [0.5, 0.6) is 0 Å². The van der Waals surface area contributed by atoms with Gasteiger partial charge in [0, 0.05) is 24.8 Å². The predicted molar refractivity (Wildman–Crippen MR) is 74.7 cm³/mol. The van der Waals surface area contributed by atoms with E-state index in [1.807, 2.05) is 29.1 Å². The average molecular weight is 257 g/mol. The molecule has 3 rings (SSSR count). The summed E-state index contributed by atoms with van der Waals surface area (Å²) in [5.74, 6) is 0. The zero-order valence-corrected chi connectivity index (χ0v) is 11.2. The molecule has 0 spiro atoms. The summed E-state index contributed by atoms with van der Waals surface area (Å²) in [6, 6.07) is 12.3. The van der Waals surface area contributed by atoms with E-state index < -0.39 is 0 Å². The molecule has 0 radical (unpaired) electrons. The summed E-state index contributed by atoms with van der Waals surface area (Å²) < 4.78 is 7.55. The van der Waals surface area contributed by atoms with Gasteiger partial charge in [0.15, 0.2) is 0 Å². The maximum atomic E-state index is 5.55. The van der Waals surface area contributed by atoms with E-state index in [-0.39, 0.29) is 0 Å². The number of rotatable bonds is 3. The standard InChI is InChI=1S/C15H19N3O/c1-13-11-17(9-10-19-13)12-18-8-7-15(16-18)14-5-3-2-4-6-14/h2-8,13H,9-12H2,1H3. The molecule has 1 aliphatic rings. The van der Waals surface area contributed by atoms with Crippen LogP contribution in [0.1, 0.15) is 6.92 Å². The molecule has 2 aromatic rings. The molecule has 1 saturated heterocycles. The molecule has 1 aromatic carbocycles. The van der Waals surface area contributed by atoms with Gasteiger partial charge in [0.25, 0.3) is 0 Å². The quantitative estimate of drug-likeness (QED) is 0.844. The van der Waals surface area contributed by atoms with E-state index in [0.29, 0.717) is 6.10 Å². The molecular weight excluding hydrogens is 238 g/mol. The van der Waals surface area contributed by atoms with Gasteiger partial charge >= 0.3 is 0 Å². The van der Waals surface area contributed by atoms with Gasteiger partial charge < -0.3 is 4.74 Å². The van der Waals surface area contributed by atoms with Gasteiger partial charge in [0.05, 0.1) is 25.1 Å². The highest BCUT2D eigenvalue weighted by Crippen LogP contribution is 2.16. The molecule has 0 aliphatic carbocycles. The maximum Gasteiger partial charge on any atom is 0.0930 e. The Morgan fingerprint density at radius 2 is 2.11 bits per heavy atom. The van der Waals surface area contributed by atoms with Gasteiger partial charge in [-0.15, -0.1) is 0 Å². The third-order valence-electron chi connectivity index (χ3n) is 3.38. The van der Waals surface area contributed by atoms with Crippen molar-refractivity contribution in [2.24, 2.45) is 0 Å². The molecule has 2 heterocycles. The Balaban J connectivity index is 1.68. The van der Waals surface area contributed by atoms with Crippen molar-refractivity contribution >= 4 is 0 Å². The van der Waals surface area contributed by atoms with Crippen LogP contribution in [0.15, 0.2) is 42.6 Å². The topological polar surface area (TPSA) is 30.3 Å². The summed E-state index contributed by atoms with van der Waals surface area (Å²) >= 11 is 0. The Morgan fingerprint density at radius 1 is 1.26 bits per heavy atom. The number of hydrogen-bond donors (Lipinski definition) is 0. The van der Waals surface area contributed by atoms with E-state index in [9.17, 15) is 0 Å². The maximum absolute atomic E-state index is 5.55. The van der Waals surface area contributed by atoms with E-state index in [1.54, 1.807) is 0 Å². The monoisotopic (exact) mass is 257 g/mol. The highest BCUT2D eigenvalue weighted by Gasteiger charge is 2.16. The summed E-state index contributed by atoms with van der Waals surface area (Å²) in [5, 5.41) is 4.63. The fourth-order valence-corrected chi connectivity index (χ4v) is 2.43. The highest BCUT2D eigenvalue weighted by molar-refractivity contribution is 5.57. The summed E-state index contributed by atoms with van der Waals surface area (Å²) in [5.41, 5.74) is 2.19. The minimum atomic E-state index is 0.318. The fourth-order valence-electron chi connectivity index (χ4n) is 2.43. The van der Waals surface area contributed by atoms with Gasteiger partial charge in [-0.1, -0.05) is 30.3 Å². The van der Waals surface area contributed by atoms with E-state index in [2.05, 4.69) is 35.1 Å². The molecule has 0 bridgehead atoms. The largest absolute Gasteiger partial charge is 0.376 e. The minimum absolute atomic E-state index is 0.318. The molecule has 0 saturated carbocycles. The Bertz CT molecular complexity index is 523. The molecule has 4 nitrogen and oxygen atoms in total. The molecule has 4 heteroatoms. The molecule has 1 atom stereocenters. The Kier molecular flexibility index (Phi) is 3.62. The normalized spacial score (nSPS) is 20.6. The first kappa shape index (κ1) is 12.4. The smallest absolute Gasteiger partial charge is 0.0930 e. The van der Waals surface area contributed by atoms with Gasteiger partial charge in [0.2, 0.25) is 0 Å². The number of aromatic nitrogens is 2. The summed E-state index contributed by atoms with van der Waals surface area (Å²) in [6.45, 7) is 5.71. The zero-order valence-electron chi connectivity index (χ0n) is 11.2. The third-order valence-corrected chi connectivity index (χ3v) is 3.38. The van der Waals surface area contributed by atoms with Crippen LogP contribution >= 0.6 is 0 Å². The van der Waals surface area contributed by atoms with Crippen molar-refractivity contribution in [3.63, 3.8) is 0 Å². The van der Waals surface area contributed by atoms with Gasteiger partial charge in [-0.2, -0.15) is 5.10 Å². The summed E-state index contributed by atoms with van der Waals surface area (Å²) in [4.78, 5) is 2.37. The zero-order chi connectivity index (χ0) is 13.1. The van der Waals surface area contributed by atoms with Crippen LogP contribution in [-0.2, 0) is 11.4 Å². The lowest BCUT2D eigenvalue weighted by atomic mass is 10.2. The van der Waals surface area contributed by atoms with Crippen LogP contribution in [0.4, 0.5) is 0 Å². The van der Waals surface area contributed by atoms with Crippen LogP contribution in [0.3, 0.4) is 0 Å². The van der Waals surface area contributed by atoms with Crippen molar-refractivity contribution < 1.29 is 4.74 Å². The van der Waals surface area contributed by atoms with Crippen LogP contribution in [0, 0.1) is 0 Å². The molecule has 0 N–H and O–H groups in total. The summed E-state index contributed by atoms with van der Waals surface area (Å²) in [6.07, 6.45) is 2.36. The molecule has 1 aromatic heterocycles. The Morgan fingerprint density at radius 3 is 2.89 bits per heavy atom. The molecule has 1 fully saturated rings. The average Bonchev–Trinajstić information content (AvgIpc) is 2.88. The molecule has 100 valence electrons. The van der Waals surface area contributed by atoms with Gasteiger partial charge in [-0.25, -0.2) is 0 Å². The van der Waals surface area contributed by atoms with Gasteiger partial charge in [0.1, 0.15) is 0 Å². The minimum Gasteiger partial charge on any atom is -0.376 e. The molecule has 19 heavy (non-hydrogen) atoms. The Labute approximate surface area is 113 Å². The van der Waals surface area contributed by atoms with E-state index in [1.165, 1.54) is 0 Å². The second-order valence-electron chi connectivity index (χ2n) is 5.01. The van der Waals surface area contributed by atoms with Crippen molar-refractivity contribution in [1.82, 2.24) is 14.7 Å². The first-order chi connectivity index (χ1) is 9.31. The molecule has 1 aliphatic heterocycles. The van der Waals surface area contributed by atoms with Gasteiger partial charge in [-0.3, -0.25) is 9.58 Å². The number of morpholine rings is 1. The molecular formula is C15H19N3O. The van der Waals surface area contributed by atoms with E-state index in [0.717, 1.165) is 37.6 Å². The van der Waals surface area contributed by atoms with E-state index in [4.69, 9.17) is 4.74 Å². The van der Waals surface area contributed by atoms with Crippen LogP contribution in [-0.4, -0.2) is 40.5 Å². The first-order valence-corrected chi connectivity index (χ1v) is 6.74. The second kappa shape index (κ2) is 5.55. The highest BCUT2D eigenvalue weighted by atomic mass is 16.5. The number of benzene rings is 1. The number of ether oxygens (including phenoxy) is 1. The van der Waals surface area contributed by atoms with Crippen molar-refractivity contribution in [2.75, 3.05) is 19.7 Å². The lowest BCUT2D eigenvalue weighted by Crippen LogP contribution is -2.41. The first-order valence-electron chi connectivity index (χ1n) is 6.74. The SMILES string of the molecule is CC1CN(Cn2ccc(-c3ccccc3)n2)CCO1.